The molecule has 1 aliphatic carbocycles. The van der Waals surface area contributed by atoms with Crippen molar-refractivity contribution in [1.82, 2.24) is 10.2 Å². The van der Waals surface area contributed by atoms with E-state index >= 15 is 0 Å². The summed E-state index contributed by atoms with van der Waals surface area (Å²) in [7, 11) is 0. The smallest absolute Gasteiger partial charge is 0.223 e. The molecule has 1 fully saturated rings. The van der Waals surface area contributed by atoms with Crippen LogP contribution < -0.4 is 5.32 Å². The Kier molecular flexibility index (Phi) is 5.44. The van der Waals surface area contributed by atoms with E-state index in [0.29, 0.717) is 12.3 Å². The Bertz CT molecular complexity index is 241. The van der Waals surface area contributed by atoms with Crippen LogP contribution in [0, 0.1) is 5.92 Å². The van der Waals surface area contributed by atoms with Gasteiger partial charge in [-0.15, -0.1) is 0 Å². The molecule has 0 aliphatic heterocycles. The van der Waals surface area contributed by atoms with Crippen LogP contribution in [0.15, 0.2) is 0 Å². The third kappa shape index (κ3) is 5.53. The molecule has 1 N–H and O–H groups in total. The van der Waals surface area contributed by atoms with Gasteiger partial charge in [0.1, 0.15) is 0 Å². The van der Waals surface area contributed by atoms with Crippen LogP contribution in [-0.4, -0.2) is 36.0 Å². The lowest BCUT2D eigenvalue weighted by atomic mass is 9.85. The van der Waals surface area contributed by atoms with Gasteiger partial charge >= 0.3 is 0 Å². The lowest BCUT2D eigenvalue weighted by Crippen LogP contribution is -2.41. The molecule has 0 radical (unpaired) electrons. The molecule has 100 valence electrons. The van der Waals surface area contributed by atoms with Crippen molar-refractivity contribution in [1.29, 1.82) is 0 Å². The highest BCUT2D eigenvalue weighted by Gasteiger charge is 2.22. The third-order valence-corrected chi connectivity index (χ3v) is 3.43. The second kappa shape index (κ2) is 6.39. The molecule has 3 heteroatoms. The molecular formula is C14H28N2O. The standard InChI is InChI=1S/C14H28N2O/c1-5-16(11-12-7-6-8-12)13(17)9-10-15-14(2,3)4/h12,15H,5-11H2,1-4H3. The van der Waals surface area contributed by atoms with Crippen molar-refractivity contribution in [2.45, 2.75) is 58.9 Å². The first-order valence-corrected chi connectivity index (χ1v) is 6.95. The Hall–Kier alpha value is -0.570. The van der Waals surface area contributed by atoms with Crippen LogP contribution in [0.1, 0.15) is 53.4 Å². The van der Waals surface area contributed by atoms with Crippen molar-refractivity contribution < 1.29 is 4.79 Å². The molecule has 1 amide bonds. The van der Waals surface area contributed by atoms with E-state index in [0.717, 1.165) is 25.6 Å². The van der Waals surface area contributed by atoms with Crippen LogP contribution in [0.3, 0.4) is 0 Å². The van der Waals surface area contributed by atoms with Crippen LogP contribution in [0.2, 0.25) is 0 Å². The predicted molar refractivity (Wildman–Crippen MR) is 72.0 cm³/mol. The molecule has 1 saturated carbocycles. The normalized spacial score (nSPS) is 16.7. The summed E-state index contributed by atoms with van der Waals surface area (Å²) < 4.78 is 0. The third-order valence-electron chi connectivity index (χ3n) is 3.43. The minimum absolute atomic E-state index is 0.102. The van der Waals surface area contributed by atoms with Crippen molar-refractivity contribution in [3.8, 4) is 0 Å². The van der Waals surface area contributed by atoms with Crippen LogP contribution in [-0.2, 0) is 4.79 Å². The topological polar surface area (TPSA) is 32.3 Å². The van der Waals surface area contributed by atoms with Gasteiger partial charge < -0.3 is 10.2 Å². The lowest BCUT2D eigenvalue weighted by molar-refractivity contribution is -0.132. The van der Waals surface area contributed by atoms with E-state index in [9.17, 15) is 4.79 Å². The van der Waals surface area contributed by atoms with Gasteiger partial charge in [0.2, 0.25) is 5.91 Å². The number of hydrogen-bond acceptors (Lipinski definition) is 2. The first kappa shape index (κ1) is 14.5. The molecular weight excluding hydrogens is 212 g/mol. The Morgan fingerprint density at radius 3 is 2.41 bits per heavy atom. The highest BCUT2D eigenvalue weighted by molar-refractivity contribution is 5.76. The zero-order valence-corrected chi connectivity index (χ0v) is 11.9. The number of rotatable bonds is 6. The van der Waals surface area contributed by atoms with Crippen molar-refractivity contribution in [3.63, 3.8) is 0 Å². The molecule has 17 heavy (non-hydrogen) atoms. The highest BCUT2D eigenvalue weighted by atomic mass is 16.2. The molecule has 1 aliphatic rings. The molecule has 0 unspecified atom stereocenters. The van der Waals surface area contributed by atoms with Crippen LogP contribution in [0.4, 0.5) is 0 Å². The van der Waals surface area contributed by atoms with Crippen LogP contribution in [0.25, 0.3) is 0 Å². The quantitative estimate of drug-likeness (QED) is 0.773. The van der Waals surface area contributed by atoms with Crippen LogP contribution >= 0.6 is 0 Å². The molecule has 0 atom stereocenters. The van der Waals surface area contributed by atoms with E-state index in [-0.39, 0.29) is 5.54 Å². The maximum Gasteiger partial charge on any atom is 0.223 e. The molecule has 0 aromatic heterocycles. The summed E-state index contributed by atoms with van der Waals surface area (Å²) in [4.78, 5) is 14.0. The minimum Gasteiger partial charge on any atom is -0.343 e. The summed E-state index contributed by atoms with van der Waals surface area (Å²) in [6.07, 6.45) is 4.59. The zero-order chi connectivity index (χ0) is 12.9. The number of nitrogens with zero attached hydrogens (tertiary/aromatic N) is 1. The average Bonchev–Trinajstić information content (AvgIpc) is 2.14. The summed E-state index contributed by atoms with van der Waals surface area (Å²) in [6, 6.07) is 0. The monoisotopic (exact) mass is 240 g/mol. The summed E-state index contributed by atoms with van der Waals surface area (Å²) in [5.41, 5.74) is 0.102. The summed E-state index contributed by atoms with van der Waals surface area (Å²) in [5, 5.41) is 3.37. The number of carbonyl (C=O) groups excluding carboxylic acids is 1. The highest BCUT2D eigenvalue weighted by Crippen LogP contribution is 2.27. The van der Waals surface area contributed by atoms with E-state index < -0.39 is 0 Å². The maximum atomic E-state index is 12.0. The molecule has 0 aromatic rings. The first-order chi connectivity index (χ1) is 7.92. The van der Waals surface area contributed by atoms with Gasteiger partial charge in [-0.25, -0.2) is 0 Å². The molecule has 0 heterocycles. The van der Waals surface area contributed by atoms with Crippen LogP contribution in [0.5, 0.6) is 0 Å². The minimum atomic E-state index is 0.102. The number of hydrogen-bond donors (Lipinski definition) is 1. The number of nitrogens with one attached hydrogen (secondary N) is 1. The summed E-state index contributed by atoms with van der Waals surface area (Å²) in [5.74, 6) is 1.07. The summed E-state index contributed by atoms with van der Waals surface area (Å²) in [6.45, 7) is 11.1. The Balaban J connectivity index is 2.23. The van der Waals surface area contributed by atoms with E-state index in [1.54, 1.807) is 0 Å². The largest absolute Gasteiger partial charge is 0.343 e. The van der Waals surface area contributed by atoms with Gasteiger partial charge in [0.25, 0.3) is 0 Å². The molecule has 1 rings (SSSR count). The molecule has 0 spiro atoms. The molecule has 0 saturated heterocycles. The van der Waals surface area contributed by atoms with Crippen molar-refractivity contribution >= 4 is 5.91 Å². The number of amides is 1. The lowest BCUT2D eigenvalue weighted by Gasteiger charge is -2.32. The maximum absolute atomic E-state index is 12.0. The van der Waals surface area contributed by atoms with Gasteiger partial charge in [-0.1, -0.05) is 6.42 Å². The second-order valence-corrected chi connectivity index (χ2v) is 6.16. The van der Waals surface area contributed by atoms with E-state index in [4.69, 9.17) is 0 Å². The van der Waals surface area contributed by atoms with Gasteiger partial charge in [-0.2, -0.15) is 0 Å². The Labute approximate surface area is 106 Å². The van der Waals surface area contributed by atoms with Gasteiger partial charge in [-0.05, 0) is 46.5 Å². The van der Waals surface area contributed by atoms with Crippen molar-refractivity contribution in [3.05, 3.63) is 0 Å². The fourth-order valence-electron chi connectivity index (χ4n) is 2.10. The number of carbonyl (C=O) groups is 1. The first-order valence-electron chi connectivity index (χ1n) is 6.95. The van der Waals surface area contributed by atoms with Gasteiger partial charge in [0.05, 0.1) is 0 Å². The zero-order valence-electron chi connectivity index (χ0n) is 11.9. The predicted octanol–water partition coefficient (Wildman–Crippen LogP) is 2.41. The molecule has 0 bridgehead atoms. The van der Waals surface area contributed by atoms with Gasteiger partial charge in [-0.3, -0.25) is 4.79 Å². The van der Waals surface area contributed by atoms with Gasteiger partial charge in [0, 0.05) is 31.6 Å². The second-order valence-electron chi connectivity index (χ2n) is 6.16. The van der Waals surface area contributed by atoms with Crippen molar-refractivity contribution in [2.75, 3.05) is 19.6 Å². The van der Waals surface area contributed by atoms with Crippen molar-refractivity contribution in [2.24, 2.45) is 5.92 Å². The fourth-order valence-corrected chi connectivity index (χ4v) is 2.10. The SMILES string of the molecule is CCN(CC1CCC1)C(=O)CCNC(C)(C)C. The average molecular weight is 240 g/mol. The molecule has 3 nitrogen and oxygen atoms in total. The molecule has 0 aromatic carbocycles. The summed E-state index contributed by atoms with van der Waals surface area (Å²) >= 11 is 0. The Morgan fingerprint density at radius 1 is 1.35 bits per heavy atom. The Morgan fingerprint density at radius 2 is 2.00 bits per heavy atom. The van der Waals surface area contributed by atoms with E-state index in [1.165, 1.54) is 19.3 Å². The van der Waals surface area contributed by atoms with Gasteiger partial charge in [0.15, 0.2) is 0 Å². The van der Waals surface area contributed by atoms with E-state index in [2.05, 4.69) is 33.0 Å². The fraction of sp³-hybridized carbons (Fsp3) is 0.929. The van der Waals surface area contributed by atoms with E-state index in [1.807, 2.05) is 4.90 Å².